The SMILES string of the molecule is CC/C=C\C/C=C\C/C=C\C/C=C\CCCCCCCCC(=O)OC(COCCCCCCCCCC/C=C\C/C=C\CCCCC)COP(=O)(O)OC1C(O)C(O)C(O)C(O)C1O. The van der Waals surface area contributed by atoms with Gasteiger partial charge in [0.1, 0.15) is 42.7 Å². The molecule has 0 saturated heterocycles. The predicted molar refractivity (Wildman–Crippen MR) is 258 cm³/mol. The number of hydrogen-bond donors (Lipinski definition) is 6. The van der Waals surface area contributed by atoms with Crippen LogP contribution in [0.1, 0.15) is 181 Å². The molecule has 0 amide bonds. The minimum absolute atomic E-state index is 0.0903. The molecule has 12 nitrogen and oxygen atoms in total. The third-order valence-electron chi connectivity index (χ3n) is 11.1. The van der Waals surface area contributed by atoms with Gasteiger partial charge in [0.2, 0.25) is 0 Å². The number of phosphoric ester groups is 1. The van der Waals surface area contributed by atoms with Crippen LogP contribution in [0.3, 0.4) is 0 Å². The van der Waals surface area contributed by atoms with Gasteiger partial charge in [0.15, 0.2) is 0 Å². The van der Waals surface area contributed by atoms with Gasteiger partial charge in [-0.3, -0.25) is 13.8 Å². The van der Waals surface area contributed by atoms with Gasteiger partial charge in [-0.05, 0) is 83.5 Å². The quantitative estimate of drug-likeness (QED) is 0.0147. The van der Waals surface area contributed by atoms with E-state index in [9.17, 15) is 39.8 Å². The molecule has 1 fully saturated rings. The van der Waals surface area contributed by atoms with Gasteiger partial charge in [-0.25, -0.2) is 4.57 Å². The Morgan fingerprint density at radius 3 is 1.41 bits per heavy atom. The second kappa shape index (κ2) is 41.0. The molecule has 0 aromatic carbocycles. The molecule has 370 valence electrons. The zero-order valence-corrected chi connectivity index (χ0v) is 40.5. The molecule has 6 atom stereocenters. The largest absolute Gasteiger partial charge is 0.472 e. The van der Waals surface area contributed by atoms with Crippen LogP contribution < -0.4 is 0 Å². The lowest BCUT2D eigenvalue weighted by molar-refractivity contribution is -0.220. The Kier molecular flexibility index (Phi) is 38.3. The number of rotatable bonds is 41. The smallest absolute Gasteiger partial charge is 0.457 e. The average molecular weight is 925 g/mol. The Labute approximate surface area is 387 Å². The van der Waals surface area contributed by atoms with Crippen LogP contribution >= 0.6 is 7.82 Å². The van der Waals surface area contributed by atoms with Crippen LogP contribution in [0.4, 0.5) is 0 Å². The third-order valence-corrected chi connectivity index (χ3v) is 12.0. The predicted octanol–water partition coefficient (Wildman–Crippen LogP) is 10.8. The molecule has 0 radical (unpaired) electrons. The van der Waals surface area contributed by atoms with Crippen LogP contribution in [-0.2, 0) is 27.9 Å². The van der Waals surface area contributed by atoms with Crippen molar-refractivity contribution in [2.75, 3.05) is 19.8 Å². The lowest BCUT2D eigenvalue weighted by Gasteiger charge is -2.41. The first-order chi connectivity index (χ1) is 31.0. The highest BCUT2D eigenvalue weighted by Crippen LogP contribution is 2.47. The number of unbranched alkanes of at least 4 members (excludes halogenated alkanes) is 17. The number of allylic oxidation sites excluding steroid dienone is 12. The normalized spacial score (nSPS) is 22.3. The van der Waals surface area contributed by atoms with Crippen LogP contribution in [0, 0.1) is 0 Å². The number of phosphoric acid groups is 1. The van der Waals surface area contributed by atoms with Crippen molar-refractivity contribution in [3.63, 3.8) is 0 Å². The summed E-state index contributed by atoms with van der Waals surface area (Å²) in [5.41, 5.74) is 0. The summed E-state index contributed by atoms with van der Waals surface area (Å²) in [5, 5.41) is 50.3. The molecule has 0 aromatic heterocycles. The molecule has 0 aliphatic heterocycles. The van der Waals surface area contributed by atoms with Gasteiger partial charge in [0, 0.05) is 13.0 Å². The Bertz CT molecular complexity index is 1330. The lowest BCUT2D eigenvalue weighted by Crippen LogP contribution is -2.64. The van der Waals surface area contributed by atoms with E-state index in [0.29, 0.717) is 13.0 Å². The number of aliphatic hydroxyl groups excluding tert-OH is 5. The van der Waals surface area contributed by atoms with Crippen molar-refractivity contribution < 1.29 is 58.3 Å². The van der Waals surface area contributed by atoms with Crippen molar-refractivity contribution >= 4 is 13.8 Å². The second-order valence-electron chi connectivity index (χ2n) is 16.9. The number of hydrogen-bond acceptors (Lipinski definition) is 11. The van der Waals surface area contributed by atoms with Crippen LogP contribution in [0.5, 0.6) is 0 Å². The number of aliphatic hydroxyl groups is 5. The summed E-state index contributed by atoms with van der Waals surface area (Å²) in [6, 6.07) is 0. The molecular formula is C51H89O12P. The summed E-state index contributed by atoms with van der Waals surface area (Å²) in [5.74, 6) is -0.495. The van der Waals surface area contributed by atoms with E-state index in [1.165, 1.54) is 51.4 Å². The van der Waals surface area contributed by atoms with Crippen molar-refractivity contribution in [2.45, 2.75) is 224 Å². The zero-order chi connectivity index (χ0) is 46.9. The fourth-order valence-corrected chi connectivity index (χ4v) is 8.11. The summed E-state index contributed by atoms with van der Waals surface area (Å²) < 4.78 is 34.2. The van der Waals surface area contributed by atoms with E-state index >= 15 is 0 Å². The van der Waals surface area contributed by atoms with Gasteiger partial charge in [-0.15, -0.1) is 0 Å². The molecule has 6 unspecified atom stereocenters. The van der Waals surface area contributed by atoms with Crippen molar-refractivity contribution in [1.29, 1.82) is 0 Å². The Balaban J connectivity index is 2.38. The van der Waals surface area contributed by atoms with Crippen molar-refractivity contribution in [2.24, 2.45) is 0 Å². The van der Waals surface area contributed by atoms with Gasteiger partial charge in [-0.1, -0.05) is 164 Å². The third kappa shape index (κ3) is 32.5. The highest BCUT2D eigenvalue weighted by molar-refractivity contribution is 7.47. The second-order valence-corrected chi connectivity index (χ2v) is 18.3. The highest BCUT2D eigenvalue weighted by atomic mass is 31.2. The minimum Gasteiger partial charge on any atom is -0.457 e. The van der Waals surface area contributed by atoms with E-state index < -0.39 is 63.1 Å². The Hall–Kier alpha value is -2.22. The topological polar surface area (TPSA) is 192 Å². The van der Waals surface area contributed by atoms with Crippen molar-refractivity contribution in [3.05, 3.63) is 72.9 Å². The van der Waals surface area contributed by atoms with Gasteiger partial charge in [-0.2, -0.15) is 0 Å². The lowest BCUT2D eigenvalue weighted by atomic mass is 9.85. The molecule has 1 saturated carbocycles. The van der Waals surface area contributed by atoms with Crippen molar-refractivity contribution in [1.82, 2.24) is 0 Å². The average Bonchev–Trinajstić information content (AvgIpc) is 3.28. The van der Waals surface area contributed by atoms with E-state index in [1.807, 2.05) is 0 Å². The molecule has 13 heteroatoms. The molecule has 0 heterocycles. The summed E-state index contributed by atoms with van der Waals surface area (Å²) in [6.45, 7) is 4.09. The maximum Gasteiger partial charge on any atom is 0.472 e. The Morgan fingerprint density at radius 2 is 0.922 bits per heavy atom. The first-order valence-electron chi connectivity index (χ1n) is 24.8. The van der Waals surface area contributed by atoms with Gasteiger partial charge in [0.25, 0.3) is 0 Å². The fraction of sp³-hybridized carbons (Fsp3) is 0.745. The summed E-state index contributed by atoms with van der Waals surface area (Å²) in [6.07, 6.45) is 41.0. The first kappa shape index (κ1) is 59.8. The summed E-state index contributed by atoms with van der Waals surface area (Å²) >= 11 is 0. The van der Waals surface area contributed by atoms with E-state index in [-0.39, 0.29) is 13.0 Å². The monoisotopic (exact) mass is 925 g/mol. The maximum atomic E-state index is 12.8. The molecule has 6 N–H and O–H groups in total. The van der Waals surface area contributed by atoms with E-state index in [0.717, 1.165) is 103 Å². The van der Waals surface area contributed by atoms with Gasteiger partial charge < -0.3 is 39.9 Å². The molecule has 1 rings (SSSR count). The van der Waals surface area contributed by atoms with Crippen LogP contribution in [-0.4, -0.2) is 98.9 Å². The standard InChI is InChI=1S/C51H89O12P/c1-3-5-7-9-11-13-15-17-19-21-23-24-26-28-30-32-34-36-38-40-45(52)62-44(43-61-64(58,59)63-51-49(56)47(54)46(53)48(55)50(51)57)42-60-41-39-37-35-33-31-29-27-25-22-20-18-16-14-12-10-8-6-4-2/h5,7,11-14,17-20,23-24,44,46-51,53-57H,3-4,6,8-10,15-16,21-22,25-43H2,1-2H3,(H,58,59)/b7-5-,13-11-,14-12-,19-17-,20-18-,24-23-. The van der Waals surface area contributed by atoms with Crippen LogP contribution in [0.25, 0.3) is 0 Å². The summed E-state index contributed by atoms with van der Waals surface area (Å²) in [7, 11) is -5.03. The number of carbonyl (C=O) groups is 1. The van der Waals surface area contributed by atoms with Gasteiger partial charge in [0.05, 0.1) is 13.2 Å². The van der Waals surface area contributed by atoms with E-state index in [1.54, 1.807) is 0 Å². The van der Waals surface area contributed by atoms with Gasteiger partial charge >= 0.3 is 13.8 Å². The van der Waals surface area contributed by atoms with Crippen LogP contribution in [0.15, 0.2) is 72.9 Å². The first-order valence-corrected chi connectivity index (χ1v) is 26.3. The number of carbonyl (C=O) groups excluding carboxylic acids is 1. The molecule has 64 heavy (non-hydrogen) atoms. The maximum absolute atomic E-state index is 12.8. The van der Waals surface area contributed by atoms with E-state index in [4.69, 9.17) is 18.5 Å². The molecule has 0 bridgehead atoms. The Morgan fingerprint density at radius 1 is 0.516 bits per heavy atom. The van der Waals surface area contributed by atoms with Crippen molar-refractivity contribution in [3.8, 4) is 0 Å². The number of ether oxygens (including phenoxy) is 2. The minimum atomic E-state index is -5.03. The number of esters is 1. The fourth-order valence-electron chi connectivity index (χ4n) is 7.14. The molecule has 1 aliphatic carbocycles. The molecular weight excluding hydrogens is 836 g/mol. The molecule has 0 spiro atoms. The zero-order valence-electron chi connectivity index (χ0n) is 39.6. The van der Waals surface area contributed by atoms with E-state index in [2.05, 4.69) is 86.8 Å². The molecule has 1 aliphatic rings. The van der Waals surface area contributed by atoms with Crippen LogP contribution in [0.2, 0.25) is 0 Å². The molecule has 0 aromatic rings. The highest BCUT2D eigenvalue weighted by Gasteiger charge is 2.51. The summed E-state index contributed by atoms with van der Waals surface area (Å²) in [4.78, 5) is 23.2.